The summed E-state index contributed by atoms with van der Waals surface area (Å²) in [4.78, 5) is 17.8. The molecule has 2 heterocycles. The standard InChI is InChI=1S/C16H17N3O2/c20-16(18-9-11-21-12-10-18)6-3-14-1-4-15(5-2-14)19-8-7-17-13-19/h1-8,13H,9-12H2/b6-3+. The molecule has 0 unspecified atom stereocenters. The van der Waals surface area contributed by atoms with Gasteiger partial charge in [0, 0.05) is 37.2 Å². The molecule has 5 heteroatoms. The molecule has 3 rings (SSSR count). The Morgan fingerprint density at radius 2 is 1.95 bits per heavy atom. The quantitative estimate of drug-likeness (QED) is 0.806. The number of carbonyl (C=O) groups is 1. The highest BCUT2D eigenvalue weighted by atomic mass is 16.5. The maximum absolute atomic E-state index is 12.0. The molecular weight excluding hydrogens is 266 g/mol. The fourth-order valence-corrected chi connectivity index (χ4v) is 2.23. The number of benzene rings is 1. The fraction of sp³-hybridized carbons (Fsp3) is 0.250. The van der Waals surface area contributed by atoms with Gasteiger partial charge in [0.15, 0.2) is 0 Å². The Labute approximate surface area is 123 Å². The van der Waals surface area contributed by atoms with Crippen molar-refractivity contribution in [3.05, 3.63) is 54.6 Å². The van der Waals surface area contributed by atoms with E-state index in [0.29, 0.717) is 26.3 Å². The molecule has 0 atom stereocenters. The van der Waals surface area contributed by atoms with E-state index in [9.17, 15) is 4.79 Å². The highest BCUT2D eigenvalue weighted by molar-refractivity contribution is 5.91. The molecule has 1 aromatic heterocycles. The van der Waals surface area contributed by atoms with Gasteiger partial charge in [0.25, 0.3) is 0 Å². The summed E-state index contributed by atoms with van der Waals surface area (Å²) in [5, 5.41) is 0. The third kappa shape index (κ3) is 3.38. The lowest BCUT2D eigenvalue weighted by atomic mass is 10.2. The van der Waals surface area contributed by atoms with Crippen molar-refractivity contribution in [1.29, 1.82) is 0 Å². The number of rotatable bonds is 3. The summed E-state index contributed by atoms with van der Waals surface area (Å²) < 4.78 is 7.17. The van der Waals surface area contributed by atoms with Crippen molar-refractivity contribution in [2.24, 2.45) is 0 Å². The Hall–Kier alpha value is -2.40. The van der Waals surface area contributed by atoms with Crippen molar-refractivity contribution in [2.75, 3.05) is 26.3 Å². The van der Waals surface area contributed by atoms with Crippen LogP contribution >= 0.6 is 0 Å². The van der Waals surface area contributed by atoms with Crippen LogP contribution in [0, 0.1) is 0 Å². The predicted octanol–water partition coefficient (Wildman–Crippen LogP) is 1.74. The monoisotopic (exact) mass is 283 g/mol. The van der Waals surface area contributed by atoms with E-state index in [-0.39, 0.29) is 5.91 Å². The van der Waals surface area contributed by atoms with E-state index < -0.39 is 0 Å². The third-order valence-corrected chi connectivity index (χ3v) is 3.44. The first-order chi connectivity index (χ1) is 10.3. The number of aromatic nitrogens is 2. The van der Waals surface area contributed by atoms with Gasteiger partial charge in [0.1, 0.15) is 0 Å². The van der Waals surface area contributed by atoms with E-state index in [2.05, 4.69) is 4.98 Å². The number of hydrogen-bond donors (Lipinski definition) is 0. The van der Waals surface area contributed by atoms with Gasteiger partial charge in [-0.3, -0.25) is 4.79 Å². The van der Waals surface area contributed by atoms with Crippen LogP contribution < -0.4 is 0 Å². The number of hydrogen-bond acceptors (Lipinski definition) is 3. The lowest BCUT2D eigenvalue weighted by Crippen LogP contribution is -2.39. The van der Waals surface area contributed by atoms with Crippen molar-refractivity contribution in [1.82, 2.24) is 14.5 Å². The normalized spacial score (nSPS) is 15.5. The molecule has 0 radical (unpaired) electrons. The number of imidazole rings is 1. The Kier molecular flexibility index (Phi) is 4.12. The molecule has 1 aliphatic rings. The Balaban J connectivity index is 1.64. The lowest BCUT2D eigenvalue weighted by Gasteiger charge is -2.25. The fourth-order valence-electron chi connectivity index (χ4n) is 2.23. The van der Waals surface area contributed by atoms with Crippen LogP contribution in [0.25, 0.3) is 11.8 Å². The lowest BCUT2D eigenvalue weighted by molar-refractivity contribution is -0.129. The molecule has 5 nitrogen and oxygen atoms in total. The minimum absolute atomic E-state index is 0.0389. The highest BCUT2D eigenvalue weighted by Gasteiger charge is 2.13. The third-order valence-electron chi connectivity index (χ3n) is 3.44. The van der Waals surface area contributed by atoms with Gasteiger partial charge in [0.2, 0.25) is 5.91 Å². The van der Waals surface area contributed by atoms with Gasteiger partial charge in [0.05, 0.1) is 19.5 Å². The molecule has 0 N–H and O–H groups in total. The van der Waals surface area contributed by atoms with E-state index in [1.165, 1.54) is 0 Å². The van der Waals surface area contributed by atoms with Crippen LogP contribution in [0.5, 0.6) is 0 Å². The zero-order valence-electron chi connectivity index (χ0n) is 11.7. The smallest absolute Gasteiger partial charge is 0.246 e. The minimum atomic E-state index is 0.0389. The first kappa shape index (κ1) is 13.6. The molecule has 1 amide bonds. The topological polar surface area (TPSA) is 47.4 Å². The summed E-state index contributed by atoms with van der Waals surface area (Å²) in [7, 11) is 0. The molecule has 0 spiro atoms. The summed E-state index contributed by atoms with van der Waals surface area (Å²) in [5.74, 6) is 0.0389. The van der Waals surface area contributed by atoms with Gasteiger partial charge in [-0.1, -0.05) is 12.1 Å². The van der Waals surface area contributed by atoms with Gasteiger partial charge in [-0.15, -0.1) is 0 Å². The summed E-state index contributed by atoms with van der Waals surface area (Å²) in [5.41, 5.74) is 2.05. The largest absolute Gasteiger partial charge is 0.378 e. The Morgan fingerprint density at radius 1 is 1.19 bits per heavy atom. The van der Waals surface area contributed by atoms with E-state index in [1.54, 1.807) is 23.5 Å². The van der Waals surface area contributed by atoms with Crippen molar-refractivity contribution in [3.63, 3.8) is 0 Å². The molecule has 0 bridgehead atoms. The van der Waals surface area contributed by atoms with Gasteiger partial charge in [-0.25, -0.2) is 4.98 Å². The van der Waals surface area contributed by atoms with E-state index >= 15 is 0 Å². The van der Waals surface area contributed by atoms with Crippen LogP contribution in [0.3, 0.4) is 0 Å². The van der Waals surface area contributed by atoms with Crippen LogP contribution in [0.1, 0.15) is 5.56 Å². The molecule has 1 fully saturated rings. The Morgan fingerprint density at radius 3 is 2.62 bits per heavy atom. The molecule has 0 aliphatic carbocycles. The molecule has 2 aromatic rings. The summed E-state index contributed by atoms with van der Waals surface area (Å²) >= 11 is 0. The molecule has 1 aromatic carbocycles. The van der Waals surface area contributed by atoms with Gasteiger partial charge in [-0.2, -0.15) is 0 Å². The second-order valence-corrected chi connectivity index (χ2v) is 4.83. The summed E-state index contributed by atoms with van der Waals surface area (Å²) in [6, 6.07) is 7.97. The van der Waals surface area contributed by atoms with E-state index in [4.69, 9.17) is 4.74 Å². The number of amides is 1. The summed E-state index contributed by atoms with van der Waals surface area (Å²) in [6.45, 7) is 2.59. The summed E-state index contributed by atoms with van der Waals surface area (Å²) in [6.07, 6.45) is 8.86. The molecule has 108 valence electrons. The molecule has 0 saturated carbocycles. The first-order valence-corrected chi connectivity index (χ1v) is 6.96. The number of carbonyl (C=O) groups excluding carboxylic acids is 1. The maximum atomic E-state index is 12.0. The maximum Gasteiger partial charge on any atom is 0.246 e. The number of morpholine rings is 1. The van der Waals surface area contributed by atoms with E-state index in [0.717, 1.165) is 11.3 Å². The molecule has 21 heavy (non-hydrogen) atoms. The molecular formula is C16H17N3O2. The van der Waals surface area contributed by atoms with Crippen LogP contribution in [0.15, 0.2) is 49.1 Å². The van der Waals surface area contributed by atoms with Gasteiger partial charge < -0.3 is 14.2 Å². The van der Waals surface area contributed by atoms with Crippen molar-refractivity contribution in [3.8, 4) is 5.69 Å². The molecule has 1 aliphatic heterocycles. The van der Waals surface area contributed by atoms with Gasteiger partial charge in [-0.05, 0) is 23.8 Å². The zero-order valence-corrected chi connectivity index (χ0v) is 11.7. The molecule has 1 saturated heterocycles. The van der Waals surface area contributed by atoms with Crippen molar-refractivity contribution in [2.45, 2.75) is 0 Å². The van der Waals surface area contributed by atoms with E-state index in [1.807, 2.05) is 41.1 Å². The second kappa shape index (κ2) is 6.37. The predicted molar refractivity (Wildman–Crippen MR) is 80.0 cm³/mol. The van der Waals surface area contributed by atoms with Crippen LogP contribution in [0.4, 0.5) is 0 Å². The number of nitrogens with zero attached hydrogens (tertiary/aromatic N) is 3. The zero-order chi connectivity index (χ0) is 14.5. The second-order valence-electron chi connectivity index (χ2n) is 4.83. The highest BCUT2D eigenvalue weighted by Crippen LogP contribution is 2.11. The average Bonchev–Trinajstić information content (AvgIpc) is 3.08. The minimum Gasteiger partial charge on any atom is -0.378 e. The van der Waals surface area contributed by atoms with Crippen LogP contribution in [-0.2, 0) is 9.53 Å². The van der Waals surface area contributed by atoms with Gasteiger partial charge >= 0.3 is 0 Å². The van der Waals surface area contributed by atoms with Crippen molar-refractivity contribution >= 4 is 12.0 Å². The van der Waals surface area contributed by atoms with Crippen LogP contribution in [-0.4, -0.2) is 46.7 Å². The Bertz CT molecular complexity index is 611. The number of ether oxygens (including phenoxy) is 1. The van der Waals surface area contributed by atoms with Crippen LogP contribution in [0.2, 0.25) is 0 Å². The SMILES string of the molecule is O=C(/C=C/c1ccc(-n2ccnc2)cc1)N1CCOCC1. The first-order valence-electron chi connectivity index (χ1n) is 6.96. The average molecular weight is 283 g/mol. The van der Waals surface area contributed by atoms with Crippen molar-refractivity contribution < 1.29 is 9.53 Å².